The summed E-state index contributed by atoms with van der Waals surface area (Å²) in [5.41, 5.74) is 5.28. The van der Waals surface area contributed by atoms with Crippen LogP contribution in [-0.2, 0) is 24.6 Å². The lowest BCUT2D eigenvalue weighted by molar-refractivity contribution is -0.116. The van der Waals surface area contributed by atoms with E-state index in [9.17, 15) is 19.5 Å². The van der Waals surface area contributed by atoms with Crippen LogP contribution in [0.25, 0.3) is 11.1 Å². The summed E-state index contributed by atoms with van der Waals surface area (Å²) in [6.07, 6.45) is -1.02. The van der Waals surface area contributed by atoms with Gasteiger partial charge in [0.2, 0.25) is 5.91 Å². The van der Waals surface area contributed by atoms with Gasteiger partial charge < -0.3 is 39.0 Å². The number of aliphatic hydroxyl groups excluding tert-OH is 1. The van der Waals surface area contributed by atoms with E-state index in [2.05, 4.69) is 34.6 Å². The van der Waals surface area contributed by atoms with Crippen molar-refractivity contribution in [2.75, 3.05) is 46.3 Å². The van der Waals surface area contributed by atoms with Crippen molar-refractivity contribution in [3.05, 3.63) is 178 Å². The van der Waals surface area contributed by atoms with Gasteiger partial charge in [0.05, 0.1) is 26.9 Å². The minimum absolute atomic E-state index is 0.0303. The molecule has 0 unspecified atom stereocenters. The Bertz CT molecular complexity index is 2490. The Morgan fingerprint density at radius 3 is 1.95 bits per heavy atom. The van der Waals surface area contributed by atoms with Crippen LogP contribution in [-0.4, -0.2) is 84.8 Å². The van der Waals surface area contributed by atoms with E-state index in [1.807, 2.05) is 103 Å². The second kappa shape index (κ2) is 19.1. The van der Waals surface area contributed by atoms with Crippen molar-refractivity contribution in [1.82, 2.24) is 14.5 Å². The van der Waals surface area contributed by atoms with Gasteiger partial charge in [-0.2, -0.15) is 4.98 Å². The number of aliphatic hydroxyl groups is 1. The molecule has 0 bridgehead atoms. The monoisotopic (exact) mass is 850 g/mol. The molecule has 1 fully saturated rings. The normalized spacial score (nSPS) is 16.8. The average molecular weight is 851 g/mol. The number of methoxy groups -OCH3 is 2. The number of anilines is 1. The Hall–Kier alpha value is -6.80. The number of fused-ring (bicyclic) bond motifs is 3. The number of aromatic nitrogens is 2. The fourth-order valence-electron chi connectivity index (χ4n) is 8.50. The fourth-order valence-corrected chi connectivity index (χ4v) is 8.50. The molecule has 6 aromatic rings. The molecule has 1 aliphatic carbocycles. The van der Waals surface area contributed by atoms with Crippen LogP contribution in [0.3, 0.4) is 0 Å². The first-order chi connectivity index (χ1) is 30.7. The second-order valence-electron chi connectivity index (χ2n) is 15.6. The molecule has 8 rings (SSSR count). The molecule has 13 heteroatoms. The molecule has 5 aromatic carbocycles. The summed E-state index contributed by atoms with van der Waals surface area (Å²) in [5.74, 6) is 1.05. The van der Waals surface area contributed by atoms with E-state index in [0.29, 0.717) is 17.9 Å². The molecule has 3 atom stereocenters. The van der Waals surface area contributed by atoms with Gasteiger partial charge in [0.25, 0.3) is 0 Å². The van der Waals surface area contributed by atoms with Crippen LogP contribution in [0.2, 0.25) is 0 Å². The third-order valence-electron chi connectivity index (χ3n) is 11.8. The Labute approximate surface area is 365 Å². The molecular weight excluding hydrogens is 801 g/mol. The number of ether oxygens (including phenoxy) is 5. The molecule has 324 valence electrons. The summed E-state index contributed by atoms with van der Waals surface area (Å²) in [5, 5.41) is 13.9. The van der Waals surface area contributed by atoms with Gasteiger partial charge in [0, 0.05) is 38.5 Å². The van der Waals surface area contributed by atoms with E-state index in [4.69, 9.17) is 23.7 Å². The minimum Gasteiger partial charge on any atom is -0.497 e. The molecular formula is C50H50N4O9. The third kappa shape index (κ3) is 9.08. The van der Waals surface area contributed by atoms with E-state index < -0.39 is 35.8 Å². The summed E-state index contributed by atoms with van der Waals surface area (Å²) in [6, 6.07) is 42.9. The standard InChI is InChI=1S/C50H50N4O9/c1-53(49(58)61-31-42-40-16-9-7-14-38(40)39-15-8-10-17-41(39)42)28-11-18-46(56)51-45-27-29-54(48(57)52-45)47-30-43(55)44(63-47)32-62-50(33-12-5-4-6-13-33,34-19-23-36(59-2)24-20-34)35-21-25-37(60-3)26-22-35/h4-10,12-17,19-27,29,42-44,47,55H,11,18,28,30-32H2,1-3H3,(H,51,52,56,57)/t43-,44+,47+/m0/s1. The van der Waals surface area contributed by atoms with Crippen LogP contribution in [0.1, 0.15) is 59.2 Å². The number of nitrogens with zero attached hydrogens (tertiary/aromatic N) is 3. The lowest BCUT2D eigenvalue weighted by atomic mass is 9.80. The molecule has 0 spiro atoms. The average Bonchev–Trinajstić information content (AvgIpc) is 3.85. The number of hydrogen-bond acceptors (Lipinski definition) is 10. The van der Waals surface area contributed by atoms with Crippen LogP contribution in [0.4, 0.5) is 10.6 Å². The van der Waals surface area contributed by atoms with Crippen molar-refractivity contribution in [3.8, 4) is 22.6 Å². The van der Waals surface area contributed by atoms with Crippen LogP contribution in [0.5, 0.6) is 11.5 Å². The molecule has 0 radical (unpaired) electrons. The SMILES string of the molecule is COc1ccc(C(OC[C@H]2O[C@@H](n3ccc(NC(=O)CCCN(C)C(=O)OCC4c5ccccc5-c5ccccc54)nc3=O)C[C@@H]2O)(c2ccccc2)c2ccc(OC)cc2)cc1. The molecule has 0 saturated carbocycles. The van der Waals surface area contributed by atoms with Gasteiger partial charge in [-0.25, -0.2) is 9.59 Å². The van der Waals surface area contributed by atoms with Crippen LogP contribution >= 0.6 is 0 Å². The Morgan fingerprint density at radius 2 is 1.37 bits per heavy atom. The predicted molar refractivity (Wildman–Crippen MR) is 237 cm³/mol. The van der Waals surface area contributed by atoms with Gasteiger partial charge in [-0.15, -0.1) is 0 Å². The molecule has 13 nitrogen and oxygen atoms in total. The number of nitrogens with one attached hydrogen (secondary N) is 1. The third-order valence-corrected chi connectivity index (χ3v) is 11.8. The van der Waals surface area contributed by atoms with Crippen molar-refractivity contribution >= 4 is 17.8 Å². The van der Waals surface area contributed by atoms with Crippen LogP contribution < -0.4 is 20.5 Å². The van der Waals surface area contributed by atoms with Gasteiger partial charge >= 0.3 is 11.8 Å². The van der Waals surface area contributed by atoms with E-state index in [-0.39, 0.29) is 50.2 Å². The van der Waals surface area contributed by atoms with E-state index >= 15 is 0 Å². The second-order valence-corrected chi connectivity index (χ2v) is 15.6. The highest BCUT2D eigenvalue weighted by Gasteiger charge is 2.42. The lowest BCUT2D eigenvalue weighted by Crippen LogP contribution is -2.38. The lowest BCUT2D eigenvalue weighted by Gasteiger charge is -2.37. The van der Waals surface area contributed by atoms with Crippen molar-refractivity contribution in [1.29, 1.82) is 0 Å². The molecule has 1 aromatic heterocycles. The first kappa shape index (κ1) is 42.9. The van der Waals surface area contributed by atoms with E-state index in [0.717, 1.165) is 38.9 Å². The van der Waals surface area contributed by atoms with Crippen LogP contribution in [0, 0.1) is 0 Å². The van der Waals surface area contributed by atoms with Crippen LogP contribution in [0.15, 0.2) is 144 Å². The summed E-state index contributed by atoms with van der Waals surface area (Å²) in [4.78, 5) is 44.6. The zero-order chi connectivity index (χ0) is 43.9. The van der Waals surface area contributed by atoms with Gasteiger partial charge in [0.1, 0.15) is 41.9 Å². The predicted octanol–water partition coefficient (Wildman–Crippen LogP) is 7.52. The number of amides is 2. The minimum atomic E-state index is -1.13. The maximum absolute atomic E-state index is 13.3. The van der Waals surface area contributed by atoms with Gasteiger partial charge in [-0.3, -0.25) is 9.36 Å². The van der Waals surface area contributed by atoms with Gasteiger partial charge in [-0.1, -0.05) is 103 Å². The van der Waals surface area contributed by atoms with Crippen molar-refractivity contribution in [2.24, 2.45) is 0 Å². The van der Waals surface area contributed by atoms with Crippen molar-refractivity contribution in [3.63, 3.8) is 0 Å². The topological polar surface area (TPSA) is 151 Å². The summed E-state index contributed by atoms with van der Waals surface area (Å²) in [7, 11) is 4.86. The Balaban J connectivity index is 0.866. The van der Waals surface area contributed by atoms with Gasteiger partial charge in [0.15, 0.2) is 0 Å². The zero-order valence-corrected chi connectivity index (χ0v) is 35.4. The number of hydrogen-bond donors (Lipinski definition) is 2. The molecule has 1 aliphatic heterocycles. The number of carbonyl (C=O) groups is 2. The van der Waals surface area contributed by atoms with Crippen molar-refractivity contribution in [2.45, 2.75) is 49.2 Å². The summed E-state index contributed by atoms with van der Waals surface area (Å²) in [6.45, 7) is 0.466. The van der Waals surface area contributed by atoms with Crippen molar-refractivity contribution < 1.29 is 38.4 Å². The Morgan fingerprint density at radius 1 is 0.794 bits per heavy atom. The molecule has 2 amide bonds. The molecule has 63 heavy (non-hydrogen) atoms. The largest absolute Gasteiger partial charge is 0.497 e. The molecule has 2 aliphatic rings. The molecule has 2 N–H and O–H groups in total. The maximum Gasteiger partial charge on any atom is 0.409 e. The number of rotatable bonds is 16. The van der Waals surface area contributed by atoms with E-state index in [1.165, 1.54) is 21.7 Å². The van der Waals surface area contributed by atoms with Gasteiger partial charge in [-0.05, 0) is 75.7 Å². The zero-order valence-electron chi connectivity index (χ0n) is 35.4. The first-order valence-electron chi connectivity index (χ1n) is 21.0. The fraction of sp³-hybridized carbons (Fsp3) is 0.280. The number of carbonyl (C=O) groups excluding carboxylic acids is 2. The highest BCUT2D eigenvalue weighted by atomic mass is 16.6. The number of benzene rings is 5. The summed E-state index contributed by atoms with van der Waals surface area (Å²) < 4.78 is 31.2. The highest BCUT2D eigenvalue weighted by Crippen LogP contribution is 2.45. The first-order valence-corrected chi connectivity index (χ1v) is 21.0. The molecule has 2 heterocycles. The quantitative estimate of drug-likeness (QED) is 0.0937. The molecule has 1 saturated heterocycles. The maximum atomic E-state index is 13.3. The highest BCUT2D eigenvalue weighted by molar-refractivity contribution is 5.89. The Kier molecular flexibility index (Phi) is 13.0. The smallest absolute Gasteiger partial charge is 0.409 e. The summed E-state index contributed by atoms with van der Waals surface area (Å²) >= 11 is 0. The van der Waals surface area contributed by atoms with E-state index in [1.54, 1.807) is 21.3 Å².